The molecule has 0 amide bonds. The number of rotatable bonds is 4. The molecule has 5 nitrogen and oxygen atoms in total. The summed E-state index contributed by atoms with van der Waals surface area (Å²) in [6, 6.07) is 69.1. The van der Waals surface area contributed by atoms with Crippen LogP contribution in [0, 0.1) is 0 Å². The molecule has 0 atom stereocenters. The second-order valence-corrected chi connectivity index (χ2v) is 16.3. The predicted octanol–water partition coefficient (Wildman–Crippen LogP) is 15.0. The largest absolute Gasteiger partial charge is 0.455 e. The third-order valence-electron chi connectivity index (χ3n) is 12.9. The molecule has 13 aromatic rings. The lowest BCUT2D eigenvalue weighted by Gasteiger charge is -2.16. The van der Waals surface area contributed by atoms with Crippen LogP contribution in [-0.2, 0) is 0 Å². The monoisotopic (exact) mass is 788 g/mol. The number of fused-ring (bicyclic) bond motifs is 9. The first kappa shape index (κ1) is 33.4. The third-order valence-corrected chi connectivity index (χ3v) is 12.9. The maximum atomic E-state index is 6.81. The molecule has 5 heteroatoms. The van der Waals surface area contributed by atoms with Crippen molar-refractivity contribution in [1.82, 2.24) is 19.5 Å². The Morgan fingerprint density at radius 1 is 0.339 bits per heavy atom. The van der Waals surface area contributed by atoms with Crippen molar-refractivity contribution >= 4 is 76.1 Å². The van der Waals surface area contributed by atoms with Gasteiger partial charge in [-0.25, -0.2) is 15.0 Å². The SMILES string of the molecule is c1ccc(-c2nc(-c3ccc4ccccc4c3)nc(-c3ccc4c(-n5c6cccc7c6c6c8c(cccc8ccc65)-c5ccccc5-7)cc5c6ccccc6oc5c4c3)n2)cc1. The molecule has 1 aliphatic rings. The molecule has 0 saturated heterocycles. The van der Waals surface area contributed by atoms with Crippen LogP contribution in [0.4, 0.5) is 0 Å². The first-order valence-corrected chi connectivity index (χ1v) is 21.0. The van der Waals surface area contributed by atoms with Gasteiger partial charge in [0.05, 0.1) is 16.7 Å². The van der Waals surface area contributed by atoms with Gasteiger partial charge < -0.3 is 8.98 Å². The van der Waals surface area contributed by atoms with Gasteiger partial charge >= 0.3 is 0 Å². The number of hydrogen-bond donors (Lipinski definition) is 0. The lowest BCUT2D eigenvalue weighted by molar-refractivity contribution is 0.672. The highest BCUT2D eigenvalue weighted by Crippen LogP contribution is 2.50. The minimum Gasteiger partial charge on any atom is -0.455 e. The first-order valence-electron chi connectivity index (χ1n) is 21.0. The molecule has 0 saturated carbocycles. The summed E-state index contributed by atoms with van der Waals surface area (Å²) in [7, 11) is 0. The van der Waals surface area contributed by atoms with Crippen molar-refractivity contribution in [3.05, 3.63) is 194 Å². The quantitative estimate of drug-likeness (QED) is 0.178. The highest BCUT2D eigenvalue weighted by atomic mass is 16.3. The summed E-state index contributed by atoms with van der Waals surface area (Å²) in [5, 5.41) is 11.6. The van der Waals surface area contributed by atoms with Crippen LogP contribution in [0.3, 0.4) is 0 Å². The van der Waals surface area contributed by atoms with Gasteiger partial charge in [-0.1, -0.05) is 158 Å². The smallest absolute Gasteiger partial charge is 0.164 e. The summed E-state index contributed by atoms with van der Waals surface area (Å²) in [6.45, 7) is 0. The Kier molecular flexibility index (Phi) is 6.77. The van der Waals surface area contributed by atoms with E-state index in [-0.39, 0.29) is 0 Å². The molecule has 0 N–H and O–H groups in total. The zero-order chi connectivity index (χ0) is 40.5. The minimum absolute atomic E-state index is 0.597. The molecule has 3 aromatic heterocycles. The van der Waals surface area contributed by atoms with Crippen molar-refractivity contribution in [3.63, 3.8) is 0 Å². The molecular weight excluding hydrogens is 757 g/mol. The van der Waals surface area contributed by atoms with Crippen LogP contribution in [0.1, 0.15) is 0 Å². The molecular formula is C57H32N4O. The first-order chi connectivity index (χ1) is 30.7. The normalized spacial score (nSPS) is 12.2. The van der Waals surface area contributed by atoms with E-state index in [1.807, 2.05) is 24.3 Å². The van der Waals surface area contributed by atoms with Crippen LogP contribution in [-0.4, -0.2) is 19.5 Å². The fraction of sp³-hybridized carbons (Fsp3) is 0. The van der Waals surface area contributed by atoms with E-state index in [4.69, 9.17) is 19.4 Å². The van der Waals surface area contributed by atoms with Crippen molar-refractivity contribution in [2.75, 3.05) is 0 Å². The zero-order valence-corrected chi connectivity index (χ0v) is 33.2. The lowest BCUT2D eigenvalue weighted by atomic mass is 9.93. The Morgan fingerprint density at radius 3 is 1.77 bits per heavy atom. The number of aromatic nitrogens is 4. The lowest BCUT2D eigenvalue weighted by Crippen LogP contribution is -2.00. The highest BCUT2D eigenvalue weighted by molar-refractivity contribution is 6.31. The number of para-hydroxylation sites is 1. The summed E-state index contributed by atoms with van der Waals surface area (Å²) in [6.07, 6.45) is 0. The van der Waals surface area contributed by atoms with Crippen LogP contribution in [0.5, 0.6) is 0 Å². The van der Waals surface area contributed by atoms with E-state index >= 15 is 0 Å². The molecule has 0 bridgehead atoms. The van der Waals surface area contributed by atoms with E-state index in [9.17, 15) is 0 Å². The van der Waals surface area contributed by atoms with Gasteiger partial charge in [0, 0.05) is 49.0 Å². The second-order valence-electron chi connectivity index (χ2n) is 16.3. The van der Waals surface area contributed by atoms with Crippen molar-refractivity contribution in [1.29, 1.82) is 0 Å². The average molecular weight is 789 g/mol. The summed E-state index contributed by atoms with van der Waals surface area (Å²) in [5.41, 5.74) is 12.9. The Hall–Kier alpha value is -8.41. The Bertz CT molecular complexity index is 4050. The fourth-order valence-electron chi connectivity index (χ4n) is 10.2. The van der Waals surface area contributed by atoms with E-state index < -0.39 is 0 Å². The van der Waals surface area contributed by atoms with Gasteiger partial charge in [0.15, 0.2) is 17.5 Å². The van der Waals surface area contributed by atoms with Gasteiger partial charge in [0.1, 0.15) is 11.2 Å². The van der Waals surface area contributed by atoms with Crippen molar-refractivity contribution in [3.8, 4) is 62.1 Å². The van der Waals surface area contributed by atoms with Crippen molar-refractivity contribution in [2.24, 2.45) is 0 Å². The molecule has 62 heavy (non-hydrogen) atoms. The molecule has 10 aromatic carbocycles. The summed E-state index contributed by atoms with van der Waals surface area (Å²) >= 11 is 0. The molecule has 286 valence electrons. The van der Waals surface area contributed by atoms with E-state index in [0.717, 1.165) is 60.5 Å². The molecule has 14 rings (SSSR count). The fourth-order valence-corrected chi connectivity index (χ4v) is 10.2. The van der Waals surface area contributed by atoms with Gasteiger partial charge in [-0.3, -0.25) is 0 Å². The molecule has 0 aliphatic heterocycles. The standard InChI is InChI=1S/C57H32N4O/c1-2-13-35(14-3-1)55-58-56(37-25-24-33-12-4-5-15-36(33)30-37)60-57(59-55)38-26-28-41-45(31-38)54-46(42-19-8-9-23-50(42)62-54)32-49(41)61-47-22-11-21-44-40-18-7-6-17-39(40)43-20-10-16-34-27-29-48(61)53(51(34)43)52(44)47/h1-32H. The zero-order valence-electron chi connectivity index (χ0n) is 33.2. The Morgan fingerprint density at radius 2 is 0.935 bits per heavy atom. The van der Waals surface area contributed by atoms with Gasteiger partial charge in [-0.15, -0.1) is 0 Å². The summed E-state index contributed by atoms with van der Waals surface area (Å²) < 4.78 is 9.29. The van der Waals surface area contributed by atoms with Gasteiger partial charge in [-0.05, 0) is 80.2 Å². The number of benzene rings is 10. The summed E-state index contributed by atoms with van der Waals surface area (Å²) in [4.78, 5) is 15.4. The number of hydrogen-bond acceptors (Lipinski definition) is 4. The number of nitrogens with zero attached hydrogens (tertiary/aromatic N) is 4. The van der Waals surface area contributed by atoms with Crippen LogP contribution >= 0.6 is 0 Å². The van der Waals surface area contributed by atoms with Gasteiger partial charge in [0.2, 0.25) is 0 Å². The molecule has 0 spiro atoms. The minimum atomic E-state index is 0.597. The summed E-state index contributed by atoms with van der Waals surface area (Å²) in [5.74, 6) is 1.84. The van der Waals surface area contributed by atoms with Gasteiger partial charge in [0.25, 0.3) is 0 Å². The van der Waals surface area contributed by atoms with Crippen molar-refractivity contribution in [2.45, 2.75) is 0 Å². The predicted molar refractivity (Wildman–Crippen MR) is 255 cm³/mol. The average Bonchev–Trinajstić information content (AvgIpc) is 3.85. The maximum absolute atomic E-state index is 6.81. The van der Waals surface area contributed by atoms with Crippen LogP contribution in [0.2, 0.25) is 0 Å². The van der Waals surface area contributed by atoms with E-state index in [2.05, 4.69) is 174 Å². The molecule has 0 radical (unpaired) electrons. The van der Waals surface area contributed by atoms with Crippen molar-refractivity contribution < 1.29 is 4.42 Å². The molecule has 0 fully saturated rings. The second kappa shape index (κ2) is 12.6. The number of furan rings is 1. The van der Waals surface area contributed by atoms with E-state index in [1.54, 1.807) is 0 Å². The van der Waals surface area contributed by atoms with Crippen LogP contribution in [0.15, 0.2) is 199 Å². The maximum Gasteiger partial charge on any atom is 0.164 e. The third kappa shape index (κ3) is 4.70. The molecule has 0 unspecified atom stereocenters. The van der Waals surface area contributed by atoms with Crippen LogP contribution < -0.4 is 0 Å². The van der Waals surface area contributed by atoms with Gasteiger partial charge in [-0.2, -0.15) is 0 Å². The highest BCUT2D eigenvalue weighted by Gasteiger charge is 2.26. The van der Waals surface area contributed by atoms with Crippen LogP contribution in [0.25, 0.3) is 138 Å². The van der Waals surface area contributed by atoms with E-state index in [1.165, 1.54) is 60.2 Å². The van der Waals surface area contributed by atoms with E-state index in [0.29, 0.717) is 17.5 Å². The Balaban J connectivity index is 1.07. The topological polar surface area (TPSA) is 56.7 Å². The molecule has 3 heterocycles. The molecule has 1 aliphatic carbocycles. The Labute approximate surface area is 354 Å².